The zero-order chi connectivity index (χ0) is 23.4. The second kappa shape index (κ2) is 9.24. The molecule has 1 unspecified atom stereocenters. The minimum Gasteiger partial charge on any atom is -0.481 e. The van der Waals surface area contributed by atoms with Crippen molar-refractivity contribution in [1.82, 2.24) is 4.98 Å². The number of ketones is 1. The van der Waals surface area contributed by atoms with Gasteiger partial charge in [-0.2, -0.15) is 0 Å². The van der Waals surface area contributed by atoms with E-state index in [0.717, 1.165) is 16.7 Å². The Morgan fingerprint density at radius 2 is 1.79 bits per heavy atom. The monoisotopic (exact) mass is 443 g/mol. The summed E-state index contributed by atoms with van der Waals surface area (Å²) in [6.45, 7) is 1.88. The Balaban J connectivity index is 1.48. The fourth-order valence-corrected chi connectivity index (χ4v) is 4.33. The minimum atomic E-state index is -0.942. The van der Waals surface area contributed by atoms with Crippen LogP contribution < -0.4 is 10.6 Å². The van der Waals surface area contributed by atoms with E-state index in [1.807, 2.05) is 43.3 Å². The lowest BCUT2D eigenvalue weighted by Gasteiger charge is -2.34. The number of Topliss-reactive ketones (excluding diaryl/α,β-unsaturated/α-hetero) is 1. The van der Waals surface area contributed by atoms with E-state index in [0.29, 0.717) is 36.3 Å². The standard InChI is InChI=1S/C26H25N3O4/c1-2-26(15-23(30)31)13-12-18-14-17(8-10-21(18)24(26)32)19-9-11-22(27-16-19)29-25(33)28-20-6-4-3-5-7-20/h3-11,14,16H,2,12-13,15H2,1H3,(H,30,31)(H2,27,28,29,33). The van der Waals surface area contributed by atoms with Crippen LogP contribution in [-0.4, -0.2) is 27.9 Å². The van der Waals surface area contributed by atoms with E-state index in [2.05, 4.69) is 15.6 Å². The second-order valence-electron chi connectivity index (χ2n) is 8.28. The van der Waals surface area contributed by atoms with Gasteiger partial charge < -0.3 is 10.4 Å². The van der Waals surface area contributed by atoms with E-state index in [1.54, 1.807) is 30.5 Å². The van der Waals surface area contributed by atoms with Gasteiger partial charge in [0.2, 0.25) is 0 Å². The summed E-state index contributed by atoms with van der Waals surface area (Å²) >= 11 is 0. The molecule has 4 rings (SSSR count). The number of urea groups is 1. The number of pyridine rings is 1. The fraction of sp³-hybridized carbons (Fsp3) is 0.231. The number of nitrogens with one attached hydrogen (secondary N) is 2. The first-order valence-corrected chi connectivity index (χ1v) is 10.9. The highest BCUT2D eigenvalue weighted by Crippen LogP contribution is 2.42. The van der Waals surface area contributed by atoms with Crippen molar-refractivity contribution in [3.8, 4) is 11.1 Å². The molecule has 3 N–H and O–H groups in total. The Hall–Kier alpha value is -4.00. The summed E-state index contributed by atoms with van der Waals surface area (Å²) in [7, 11) is 0. The minimum absolute atomic E-state index is 0.0812. The predicted octanol–water partition coefficient (Wildman–Crippen LogP) is 5.39. The van der Waals surface area contributed by atoms with Gasteiger partial charge in [0.25, 0.3) is 0 Å². The van der Waals surface area contributed by atoms with Crippen molar-refractivity contribution in [2.45, 2.75) is 32.6 Å². The molecule has 2 amide bonds. The molecule has 33 heavy (non-hydrogen) atoms. The van der Waals surface area contributed by atoms with E-state index in [9.17, 15) is 19.5 Å². The molecule has 0 saturated carbocycles. The zero-order valence-electron chi connectivity index (χ0n) is 18.3. The number of carbonyl (C=O) groups is 3. The third-order valence-corrected chi connectivity index (χ3v) is 6.24. The largest absolute Gasteiger partial charge is 0.481 e. The Labute approximate surface area is 191 Å². The average molecular weight is 444 g/mol. The van der Waals surface area contributed by atoms with E-state index in [-0.39, 0.29) is 18.2 Å². The zero-order valence-corrected chi connectivity index (χ0v) is 18.3. The van der Waals surface area contributed by atoms with Crippen molar-refractivity contribution in [2.24, 2.45) is 5.41 Å². The number of anilines is 2. The molecular formula is C26H25N3O4. The molecule has 1 aliphatic carbocycles. The predicted molar refractivity (Wildman–Crippen MR) is 126 cm³/mol. The lowest BCUT2D eigenvalue weighted by Crippen LogP contribution is -2.37. The van der Waals surface area contributed by atoms with Crippen molar-refractivity contribution in [1.29, 1.82) is 0 Å². The summed E-state index contributed by atoms with van der Waals surface area (Å²) in [5.41, 5.74) is 3.17. The molecule has 1 heterocycles. The van der Waals surface area contributed by atoms with Crippen LogP contribution in [0.3, 0.4) is 0 Å². The van der Waals surface area contributed by atoms with Crippen LogP contribution in [0.25, 0.3) is 11.1 Å². The number of benzene rings is 2. The second-order valence-corrected chi connectivity index (χ2v) is 8.28. The number of amides is 2. The van der Waals surface area contributed by atoms with Crippen LogP contribution in [0.15, 0.2) is 66.9 Å². The highest BCUT2D eigenvalue weighted by molar-refractivity contribution is 6.04. The van der Waals surface area contributed by atoms with Crippen LogP contribution in [0.2, 0.25) is 0 Å². The number of carbonyl (C=O) groups excluding carboxylic acids is 2. The van der Waals surface area contributed by atoms with Gasteiger partial charge in [-0.05, 0) is 54.7 Å². The number of aromatic nitrogens is 1. The average Bonchev–Trinajstić information content (AvgIpc) is 2.81. The molecule has 1 aliphatic rings. The van der Waals surface area contributed by atoms with Gasteiger partial charge >= 0.3 is 12.0 Å². The van der Waals surface area contributed by atoms with Crippen LogP contribution in [0, 0.1) is 5.41 Å². The molecule has 0 aliphatic heterocycles. The Morgan fingerprint density at radius 3 is 2.45 bits per heavy atom. The van der Waals surface area contributed by atoms with Gasteiger partial charge in [-0.1, -0.05) is 43.3 Å². The highest BCUT2D eigenvalue weighted by Gasteiger charge is 2.42. The third-order valence-electron chi connectivity index (χ3n) is 6.24. The van der Waals surface area contributed by atoms with Crippen molar-refractivity contribution in [2.75, 3.05) is 10.6 Å². The van der Waals surface area contributed by atoms with Gasteiger partial charge in [-0.25, -0.2) is 9.78 Å². The molecule has 0 spiro atoms. The molecule has 0 saturated heterocycles. The number of carboxylic acid groups (broad SMARTS) is 1. The summed E-state index contributed by atoms with van der Waals surface area (Å²) < 4.78 is 0. The van der Waals surface area contributed by atoms with Crippen molar-refractivity contribution in [3.05, 3.63) is 78.0 Å². The molecule has 3 aromatic rings. The van der Waals surface area contributed by atoms with Gasteiger partial charge in [0.05, 0.1) is 6.42 Å². The van der Waals surface area contributed by atoms with Gasteiger partial charge in [-0.15, -0.1) is 0 Å². The van der Waals surface area contributed by atoms with Gasteiger partial charge in [0.15, 0.2) is 5.78 Å². The number of fused-ring (bicyclic) bond motifs is 1. The van der Waals surface area contributed by atoms with Gasteiger partial charge in [-0.3, -0.25) is 14.9 Å². The maximum absolute atomic E-state index is 13.1. The third kappa shape index (κ3) is 4.77. The smallest absolute Gasteiger partial charge is 0.324 e. The quantitative estimate of drug-likeness (QED) is 0.473. The van der Waals surface area contributed by atoms with Crippen molar-refractivity contribution < 1.29 is 19.5 Å². The number of carboxylic acids is 1. The number of nitrogens with zero attached hydrogens (tertiary/aromatic N) is 1. The number of hydrogen-bond donors (Lipinski definition) is 3. The molecular weight excluding hydrogens is 418 g/mol. The summed E-state index contributed by atoms with van der Waals surface area (Å²) in [6, 6.07) is 18.0. The molecule has 2 aromatic carbocycles. The summed E-state index contributed by atoms with van der Waals surface area (Å²) in [4.78, 5) is 40.9. The van der Waals surface area contributed by atoms with Gasteiger partial charge in [0, 0.05) is 28.4 Å². The molecule has 7 heteroatoms. The highest BCUT2D eigenvalue weighted by atomic mass is 16.4. The number of para-hydroxylation sites is 1. The summed E-state index contributed by atoms with van der Waals surface area (Å²) in [5.74, 6) is -0.605. The van der Waals surface area contributed by atoms with Crippen LogP contribution in [0.5, 0.6) is 0 Å². The molecule has 1 atom stereocenters. The number of rotatable bonds is 6. The normalized spacial score (nSPS) is 17.2. The maximum atomic E-state index is 13.1. The summed E-state index contributed by atoms with van der Waals surface area (Å²) in [5, 5.41) is 14.7. The van der Waals surface area contributed by atoms with Crippen LogP contribution in [0.4, 0.5) is 16.3 Å². The van der Waals surface area contributed by atoms with Crippen LogP contribution >= 0.6 is 0 Å². The topological polar surface area (TPSA) is 108 Å². The van der Waals surface area contributed by atoms with Gasteiger partial charge in [0.1, 0.15) is 5.82 Å². The first-order valence-electron chi connectivity index (χ1n) is 10.9. The number of hydrogen-bond acceptors (Lipinski definition) is 4. The lowest BCUT2D eigenvalue weighted by atomic mass is 9.67. The molecule has 0 bridgehead atoms. The molecule has 0 fully saturated rings. The first-order chi connectivity index (χ1) is 15.9. The lowest BCUT2D eigenvalue weighted by molar-refractivity contribution is -0.139. The fourth-order valence-electron chi connectivity index (χ4n) is 4.33. The van der Waals surface area contributed by atoms with E-state index in [4.69, 9.17) is 0 Å². The Morgan fingerprint density at radius 1 is 1.03 bits per heavy atom. The van der Waals surface area contributed by atoms with Crippen LogP contribution in [-0.2, 0) is 11.2 Å². The number of aliphatic carboxylic acids is 1. The first kappa shape index (κ1) is 22.2. The summed E-state index contributed by atoms with van der Waals surface area (Å²) in [6.07, 6.45) is 3.23. The number of aryl methyl sites for hydroxylation is 1. The van der Waals surface area contributed by atoms with E-state index >= 15 is 0 Å². The van der Waals surface area contributed by atoms with E-state index in [1.165, 1.54) is 0 Å². The molecule has 0 radical (unpaired) electrons. The Kier molecular flexibility index (Phi) is 6.22. The molecule has 1 aromatic heterocycles. The molecule has 7 nitrogen and oxygen atoms in total. The molecule has 168 valence electrons. The van der Waals surface area contributed by atoms with Crippen LogP contribution in [0.1, 0.15) is 42.1 Å². The maximum Gasteiger partial charge on any atom is 0.324 e. The van der Waals surface area contributed by atoms with Crippen molar-refractivity contribution in [3.63, 3.8) is 0 Å². The SMILES string of the molecule is CCC1(CC(=O)O)CCc2cc(-c3ccc(NC(=O)Nc4ccccc4)nc3)ccc2C1=O. The van der Waals surface area contributed by atoms with Crippen molar-refractivity contribution >= 4 is 29.3 Å². The van der Waals surface area contributed by atoms with E-state index < -0.39 is 11.4 Å². The Bertz CT molecular complexity index is 1190.